The van der Waals surface area contributed by atoms with Crippen LogP contribution in [-0.2, 0) is 13.1 Å². The summed E-state index contributed by atoms with van der Waals surface area (Å²) in [5.41, 5.74) is 3.28. The summed E-state index contributed by atoms with van der Waals surface area (Å²) in [4.78, 5) is 5.15. The molecule has 0 fully saturated rings. The van der Waals surface area contributed by atoms with Crippen molar-refractivity contribution in [3.05, 3.63) is 82.0 Å². The Labute approximate surface area is 160 Å². The maximum absolute atomic E-state index is 5.86. The van der Waals surface area contributed by atoms with Gasteiger partial charge in [0, 0.05) is 22.3 Å². The van der Waals surface area contributed by atoms with Crippen LogP contribution in [-0.4, -0.2) is 19.7 Å². The van der Waals surface area contributed by atoms with E-state index in [-0.39, 0.29) is 0 Å². The van der Waals surface area contributed by atoms with Gasteiger partial charge >= 0.3 is 0 Å². The second-order valence-corrected chi connectivity index (χ2v) is 7.48. The summed E-state index contributed by atoms with van der Waals surface area (Å²) in [6.07, 6.45) is 3.56. The predicted octanol–water partition coefficient (Wildman–Crippen LogP) is 4.72. The van der Waals surface area contributed by atoms with Gasteiger partial charge in [-0.2, -0.15) is 0 Å². The molecule has 0 bridgehead atoms. The highest BCUT2D eigenvalue weighted by Gasteiger charge is 2.08. The Balaban J connectivity index is 1.46. The molecule has 0 amide bonds. The molecule has 26 heavy (non-hydrogen) atoms. The highest BCUT2D eigenvalue weighted by Crippen LogP contribution is 2.22. The smallest absolute Gasteiger partial charge is 0.183 e. The molecule has 0 aliphatic rings. The van der Waals surface area contributed by atoms with Crippen LogP contribution >= 0.6 is 22.9 Å². The summed E-state index contributed by atoms with van der Waals surface area (Å²) in [5.74, 6) is 0.856. The molecule has 2 aromatic heterocycles. The van der Waals surface area contributed by atoms with Crippen molar-refractivity contribution in [3.63, 3.8) is 0 Å². The maximum atomic E-state index is 5.86. The Morgan fingerprint density at radius 3 is 2.58 bits per heavy atom. The van der Waals surface area contributed by atoms with Gasteiger partial charge in [-0.15, -0.1) is 21.5 Å². The topological polar surface area (TPSA) is 55.6 Å². The number of hydrogen-bond acceptors (Lipinski definition) is 5. The van der Waals surface area contributed by atoms with Crippen LogP contribution in [0, 0.1) is 0 Å². The van der Waals surface area contributed by atoms with Crippen LogP contribution in [0.15, 0.2) is 67.1 Å². The molecule has 1 N–H and O–H groups in total. The summed E-state index contributed by atoms with van der Waals surface area (Å²) >= 11 is 7.34. The number of benzene rings is 2. The van der Waals surface area contributed by atoms with Crippen molar-refractivity contribution in [3.8, 4) is 11.4 Å². The van der Waals surface area contributed by atoms with Gasteiger partial charge in [-0.05, 0) is 29.8 Å². The van der Waals surface area contributed by atoms with Gasteiger partial charge in [-0.3, -0.25) is 0 Å². The highest BCUT2D eigenvalue weighted by molar-refractivity contribution is 7.15. The Morgan fingerprint density at radius 2 is 1.85 bits per heavy atom. The number of thiazole rings is 1. The predicted molar refractivity (Wildman–Crippen MR) is 105 cm³/mol. The number of aromatic nitrogens is 4. The Bertz CT molecular complexity index is 979. The lowest BCUT2D eigenvalue weighted by Gasteiger charge is -2.08. The van der Waals surface area contributed by atoms with E-state index < -0.39 is 0 Å². The fourth-order valence-corrected chi connectivity index (χ4v) is 3.58. The van der Waals surface area contributed by atoms with Gasteiger partial charge in [-0.1, -0.05) is 41.9 Å². The number of anilines is 1. The zero-order valence-corrected chi connectivity index (χ0v) is 15.4. The molecule has 0 unspecified atom stereocenters. The van der Waals surface area contributed by atoms with Crippen LogP contribution in [0.5, 0.6) is 0 Å². The first-order chi connectivity index (χ1) is 12.8. The van der Waals surface area contributed by atoms with E-state index in [2.05, 4.69) is 37.2 Å². The third-order valence-corrected chi connectivity index (χ3v) is 5.06. The lowest BCUT2D eigenvalue weighted by molar-refractivity contribution is 0.803. The molecule has 2 heterocycles. The summed E-state index contributed by atoms with van der Waals surface area (Å²) in [6, 6.07) is 18.5. The molecular weight excluding hydrogens is 366 g/mol. The third kappa shape index (κ3) is 3.92. The molecule has 2 aromatic carbocycles. The number of nitrogens with zero attached hydrogens (tertiary/aromatic N) is 4. The Kier molecular flexibility index (Phi) is 4.95. The number of nitrogens with one attached hydrogen (secondary N) is 1. The molecule has 5 nitrogen and oxygen atoms in total. The zero-order valence-electron chi connectivity index (χ0n) is 13.8. The van der Waals surface area contributed by atoms with Gasteiger partial charge < -0.3 is 9.88 Å². The average Bonchev–Trinajstić information content (AvgIpc) is 3.30. The van der Waals surface area contributed by atoms with Crippen molar-refractivity contribution in [1.82, 2.24) is 19.7 Å². The molecule has 0 saturated carbocycles. The minimum absolute atomic E-state index is 0.565. The van der Waals surface area contributed by atoms with E-state index in [1.54, 1.807) is 12.5 Å². The lowest BCUT2D eigenvalue weighted by Crippen LogP contribution is -2.01. The van der Waals surface area contributed by atoms with Crippen molar-refractivity contribution in [2.24, 2.45) is 0 Å². The first-order valence-corrected chi connectivity index (χ1v) is 9.33. The van der Waals surface area contributed by atoms with Crippen LogP contribution in [0.4, 0.5) is 5.69 Å². The van der Waals surface area contributed by atoms with Gasteiger partial charge in [0.15, 0.2) is 10.3 Å². The minimum Gasteiger partial charge on any atom is -0.380 e. The molecule has 0 radical (unpaired) electrons. The number of halogens is 1. The standard InChI is InChI=1S/C19H16ClN5S/c20-19-22-11-17(26-19)10-21-16-8-6-15(7-9-16)18-24-23-13-25(18)12-14-4-2-1-3-5-14/h1-9,11,13,21H,10,12H2. The first-order valence-electron chi connectivity index (χ1n) is 8.14. The zero-order chi connectivity index (χ0) is 17.8. The normalized spacial score (nSPS) is 10.8. The summed E-state index contributed by atoms with van der Waals surface area (Å²) < 4.78 is 2.62. The van der Waals surface area contributed by atoms with E-state index >= 15 is 0 Å². The van der Waals surface area contributed by atoms with E-state index in [4.69, 9.17) is 11.6 Å². The van der Waals surface area contributed by atoms with Crippen molar-refractivity contribution in [2.75, 3.05) is 5.32 Å². The highest BCUT2D eigenvalue weighted by atomic mass is 35.5. The van der Waals surface area contributed by atoms with Crippen LogP contribution in [0.1, 0.15) is 10.4 Å². The SMILES string of the molecule is Clc1ncc(CNc2ccc(-c3nncn3Cc3ccccc3)cc2)s1. The van der Waals surface area contributed by atoms with Crippen LogP contribution in [0.25, 0.3) is 11.4 Å². The second kappa shape index (κ2) is 7.68. The fraction of sp³-hybridized carbons (Fsp3) is 0.105. The third-order valence-electron chi connectivity index (χ3n) is 3.95. The monoisotopic (exact) mass is 381 g/mol. The molecule has 0 spiro atoms. The van der Waals surface area contributed by atoms with Crippen molar-refractivity contribution < 1.29 is 0 Å². The van der Waals surface area contributed by atoms with Gasteiger partial charge in [-0.25, -0.2) is 4.98 Å². The summed E-state index contributed by atoms with van der Waals surface area (Å²) in [5, 5.41) is 11.7. The molecule has 0 aliphatic carbocycles. The molecule has 4 rings (SSSR count). The average molecular weight is 382 g/mol. The van der Waals surface area contributed by atoms with E-state index in [0.29, 0.717) is 11.0 Å². The van der Waals surface area contributed by atoms with E-state index in [1.807, 2.05) is 42.5 Å². The quantitative estimate of drug-likeness (QED) is 0.525. The van der Waals surface area contributed by atoms with E-state index in [1.165, 1.54) is 16.9 Å². The van der Waals surface area contributed by atoms with Crippen molar-refractivity contribution >= 4 is 28.6 Å². The largest absolute Gasteiger partial charge is 0.380 e. The van der Waals surface area contributed by atoms with E-state index in [0.717, 1.165) is 28.5 Å². The fourth-order valence-electron chi connectivity index (χ4n) is 2.67. The van der Waals surface area contributed by atoms with Gasteiger partial charge in [0.1, 0.15) is 6.33 Å². The minimum atomic E-state index is 0.565. The van der Waals surface area contributed by atoms with Gasteiger partial charge in [0.2, 0.25) is 0 Å². The van der Waals surface area contributed by atoms with Gasteiger partial charge in [0.05, 0.1) is 13.1 Å². The van der Waals surface area contributed by atoms with Crippen molar-refractivity contribution in [1.29, 1.82) is 0 Å². The molecule has 0 saturated heterocycles. The summed E-state index contributed by atoms with van der Waals surface area (Å²) in [7, 11) is 0. The number of rotatable bonds is 6. The van der Waals surface area contributed by atoms with Crippen LogP contribution < -0.4 is 5.32 Å². The van der Waals surface area contributed by atoms with Gasteiger partial charge in [0.25, 0.3) is 0 Å². The number of hydrogen-bond donors (Lipinski definition) is 1. The van der Waals surface area contributed by atoms with Crippen molar-refractivity contribution in [2.45, 2.75) is 13.1 Å². The summed E-state index contributed by atoms with van der Waals surface area (Å²) in [6.45, 7) is 1.45. The van der Waals surface area contributed by atoms with Crippen LogP contribution in [0.3, 0.4) is 0 Å². The first kappa shape index (κ1) is 16.8. The Hall–Kier alpha value is -2.70. The van der Waals surface area contributed by atoms with E-state index in [9.17, 15) is 0 Å². The molecule has 7 heteroatoms. The second-order valence-electron chi connectivity index (χ2n) is 5.78. The molecule has 0 aliphatic heterocycles. The van der Waals surface area contributed by atoms with Crippen LogP contribution in [0.2, 0.25) is 4.47 Å². The molecule has 130 valence electrons. The maximum Gasteiger partial charge on any atom is 0.183 e. The lowest BCUT2D eigenvalue weighted by atomic mass is 10.1. The molecule has 0 atom stereocenters. The Morgan fingerprint density at radius 1 is 1.04 bits per heavy atom. The molecular formula is C19H16ClN5S. The molecule has 4 aromatic rings.